The number of aromatic nitrogens is 1. The average molecular weight is 307 g/mol. The van der Waals surface area contributed by atoms with Crippen molar-refractivity contribution in [3.63, 3.8) is 0 Å². The lowest BCUT2D eigenvalue weighted by Crippen LogP contribution is -2.21. The van der Waals surface area contributed by atoms with Gasteiger partial charge in [-0.3, -0.25) is 0 Å². The number of carboxylic acid groups (broad SMARTS) is 1. The van der Waals surface area contributed by atoms with Crippen LogP contribution in [0.5, 0.6) is 11.5 Å². The van der Waals surface area contributed by atoms with Crippen molar-refractivity contribution in [3.05, 3.63) is 34.3 Å². The number of aryl methyl sites for hydroxylation is 1. The molecule has 0 aliphatic heterocycles. The summed E-state index contributed by atoms with van der Waals surface area (Å²) in [6.45, 7) is 2.14. The van der Waals surface area contributed by atoms with E-state index in [2.05, 4.69) is 10.3 Å². The maximum Gasteiger partial charge on any atom is 0.183 e. The van der Waals surface area contributed by atoms with E-state index in [4.69, 9.17) is 9.47 Å². The molecular formula is C14H15N2O4S-. The van der Waals surface area contributed by atoms with E-state index in [9.17, 15) is 9.90 Å². The molecule has 0 saturated heterocycles. The Morgan fingerprint density at radius 3 is 2.62 bits per heavy atom. The Kier molecular flexibility index (Phi) is 4.64. The van der Waals surface area contributed by atoms with Crippen LogP contribution in [0.4, 0.5) is 5.13 Å². The highest BCUT2D eigenvalue weighted by atomic mass is 32.1. The van der Waals surface area contributed by atoms with Crippen LogP contribution in [-0.2, 0) is 6.54 Å². The van der Waals surface area contributed by atoms with Crippen LogP contribution in [-0.4, -0.2) is 25.2 Å². The van der Waals surface area contributed by atoms with E-state index in [0.29, 0.717) is 28.9 Å². The predicted octanol–water partition coefficient (Wildman–Crippen LogP) is 1.44. The summed E-state index contributed by atoms with van der Waals surface area (Å²) in [6.07, 6.45) is 0. The van der Waals surface area contributed by atoms with Crippen LogP contribution in [0, 0.1) is 6.92 Å². The minimum Gasteiger partial charge on any atom is -0.544 e. The number of thiazole rings is 1. The molecule has 21 heavy (non-hydrogen) atoms. The summed E-state index contributed by atoms with van der Waals surface area (Å²) in [5, 5.41) is 14.5. The molecule has 0 spiro atoms. The van der Waals surface area contributed by atoms with Gasteiger partial charge < -0.3 is 24.7 Å². The number of benzene rings is 1. The Labute approximate surface area is 126 Å². The van der Waals surface area contributed by atoms with Gasteiger partial charge in [0.25, 0.3) is 0 Å². The number of hydrogen-bond donors (Lipinski definition) is 1. The first kappa shape index (κ1) is 15.1. The molecule has 0 saturated carbocycles. The van der Waals surface area contributed by atoms with Gasteiger partial charge in [0.1, 0.15) is 0 Å². The zero-order chi connectivity index (χ0) is 15.4. The van der Waals surface area contributed by atoms with Crippen LogP contribution in [0.2, 0.25) is 0 Å². The first-order valence-electron chi connectivity index (χ1n) is 6.18. The summed E-state index contributed by atoms with van der Waals surface area (Å²) in [5.41, 5.74) is 1.42. The van der Waals surface area contributed by atoms with Crippen molar-refractivity contribution in [1.82, 2.24) is 4.98 Å². The first-order valence-corrected chi connectivity index (χ1v) is 7.00. The molecule has 7 heteroatoms. The summed E-state index contributed by atoms with van der Waals surface area (Å²) in [4.78, 5) is 15.2. The van der Waals surface area contributed by atoms with Gasteiger partial charge in [0.05, 0.1) is 30.8 Å². The highest BCUT2D eigenvalue weighted by molar-refractivity contribution is 7.17. The van der Waals surface area contributed by atoms with Crippen LogP contribution < -0.4 is 19.9 Å². The lowest BCUT2D eigenvalue weighted by atomic mass is 10.2. The van der Waals surface area contributed by atoms with Crippen molar-refractivity contribution >= 4 is 22.4 Å². The summed E-state index contributed by atoms with van der Waals surface area (Å²) < 4.78 is 10.4. The average Bonchev–Trinajstić information content (AvgIpc) is 2.86. The molecule has 0 amide bonds. The molecule has 0 aliphatic carbocycles. The molecule has 1 aromatic carbocycles. The molecule has 0 fully saturated rings. The van der Waals surface area contributed by atoms with Crippen molar-refractivity contribution in [3.8, 4) is 11.5 Å². The molecule has 112 valence electrons. The SMILES string of the molecule is COc1ccc(CNc2nc(C)c(C(=O)[O-])s2)cc1OC. The Bertz CT molecular complexity index is 654. The lowest BCUT2D eigenvalue weighted by Gasteiger charge is -2.09. The number of anilines is 1. The van der Waals surface area contributed by atoms with E-state index in [1.165, 1.54) is 0 Å². The number of ether oxygens (including phenoxy) is 2. The van der Waals surface area contributed by atoms with Gasteiger partial charge in [-0.2, -0.15) is 0 Å². The predicted molar refractivity (Wildman–Crippen MR) is 78.1 cm³/mol. The van der Waals surface area contributed by atoms with Gasteiger partial charge in [-0.15, -0.1) is 0 Å². The Morgan fingerprint density at radius 2 is 2.05 bits per heavy atom. The summed E-state index contributed by atoms with van der Waals surface area (Å²) in [5.74, 6) is 0.0947. The number of hydrogen-bond acceptors (Lipinski definition) is 7. The van der Waals surface area contributed by atoms with Crippen molar-refractivity contribution in [1.29, 1.82) is 0 Å². The fourth-order valence-electron chi connectivity index (χ4n) is 1.83. The van der Waals surface area contributed by atoms with Crippen molar-refractivity contribution in [2.24, 2.45) is 0 Å². The fraction of sp³-hybridized carbons (Fsp3) is 0.286. The molecular weight excluding hydrogens is 292 g/mol. The third-order valence-electron chi connectivity index (χ3n) is 2.87. The zero-order valence-corrected chi connectivity index (χ0v) is 12.7. The molecule has 2 rings (SSSR count). The van der Waals surface area contributed by atoms with Gasteiger partial charge in [0.2, 0.25) is 0 Å². The Balaban J connectivity index is 2.09. The topological polar surface area (TPSA) is 83.5 Å². The maximum atomic E-state index is 10.9. The highest BCUT2D eigenvalue weighted by Gasteiger charge is 2.09. The second kappa shape index (κ2) is 6.45. The zero-order valence-electron chi connectivity index (χ0n) is 11.9. The van der Waals surface area contributed by atoms with Crippen molar-refractivity contribution < 1.29 is 19.4 Å². The Morgan fingerprint density at radius 1 is 1.33 bits per heavy atom. The molecule has 6 nitrogen and oxygen atoms in total. The molecule has 1 N–H and O–H groups in total. The number of carboxylic acids is 1. The quantitative estimate of drug-likeness (QED) is 0.869. The van der Waals surface area contributed by atoms with E-state index in [-0.39, 0.29) is 4.88 Å². The smallest absolute Gasteiger partial charge is 0.183 e. The summed E-state index contributed by atoms with van der Waals surface area (Å²) in [7, 11) is 3.15. The van der Waals surface area contributed by atoms with Crippen LogP contribution in [0.15, 0.2) is 18.2 Å². The monoisotopic (exact) mass is 307 g/mol. The second-order valence-corrected chi connectivity index (χ2v) is 5.26. The van der Waals surface area contributed by atoms with Crippen LogP contribution in [0.25, 0.3) is 0 Å². The van der Waals surface area contributed by atoms with E-state index in [0.717, 1.165) is 16.9 Å². The standard InChI is InChI=1S/C14H16N2O4S/c1-8-12(13(17)18)21-14(16-8)15-7-9-4-5-10(19-2)11(6-9)20-3/h4-6H,7H2,1-3H3,(H,15,16)(H,17,18)/p-1. The lowest BCUT2D eigenvalue weighted by molar-refractivity contribution is -0.254. The van der Waals surface area contributed by atoms with Crippen molar-refractivity contribution in [2.45, 2.75) is 13.5 Å². The van der Waals surface area contributed by atoms with Crippen LogP contribution in [0.1, 0.15) is 20.9 Å². The minimum absolute atomic E-state index is 0.143. The molecule has 0 atom stereocenters. The molecule has 0 radical (unpaired) electrons. The number of methoxy groups -OCH3 is 2. The molecule has 0 bridgehead atoms. The highest BCUT2D eigenvalue weighted by Crippen LogP contribution is 2.28. The molecule has 0 aliphatic rings. The normalized spacial score (nSPS) is 10.2. The largest absolute Gasteiger partial charge is 0.544 e. The van der Waals surface area contributed by atoms with Gasteiger partial charge in [-0.25, -0.2) is 4.98 Å². The van der Waals surface area contributed by atoms with Crippen LogP contribution in [0.3, 0.4) is 0 Å². The maximum absolute atomic E-state index is 10.9. The van der Waals surface area contributed by atoms with Gasteiger partial charge in [0.15, 0.2) is 16.6 Å². The number of aromatic carboxylic acids is 1. The number of carbonyl (C=O) groups is 1. The van der Waals surface area contributed by atoms with Crippen LogP contribution >= 0.6 is 11.3 Å². The summed E-state index contributed by atoms with van der Waals surface area (Å²) >= 11 is 1.06. The molecule has 1 aromatic heterocycles. The van der Waals surface area contributed by atoms with E-state index in [1.54, 1.807) is 21.1 Å². The minimum atomic E-state index is -1.20. The number of carbonyl (C=O) groups excluding carboxylic acids is 1. The second-order valence-electron chi connectivity index (χ2n) is 4.26. The molecule has 0 unspecified atom stereocenters. The van der Waals surface area contributed by atoms with Gasteiger partial charge >= 0.3 is 0 Å². The van der Waals surface area contributed by atoms with Gasteiger partial charge in [0, 0.05) is 6.54 Å². The summed E-state index contributed by atoms with van der Waals surface area (Å²) in [6, 6.07) is 5.57. The third-order valence-corrected chi connectivity index (χ3v) is 3.97. The first-order chi connectivity index (χ1) is 10.0. The van der Waals surface area contributed by atoms with E-state index in [1.807, 2.05) is 18.2 Å². The Hall–Kier alpha value is -2.28. The number of nitrogens with one attached hydrogen (secondary N) is 1. The molecule has 2 aromatic rings. The number of nitrogens with zero attached hydrogens (tertiary/aromatic N) is 1. The third kappa shape index (κ3) is 3.43. The number of rotatable bonds is 6. The molecule has 1 heterocycles. The van der Waals surface area contributed by atoms with E-state index >= 15 is 0 Å². The van der Waals surface area contributed by atoms with Gasteiger partial charge in [-0.1, -0.05) is 17.4 Å². The van der Waals surface area contributed by atoms with Gasteiger partial charge in [-0.05, 0) is 24.6 Å². The van der Waals surface area contributed by atoms with E-state index < -0.39 is 5.97 Å². The fourth-order valence-corrected chi connectivity index (χ4v) is 2.63. The van der Waals surface area contributed by atoms with Crippen molar-refractivity contribution in [2.75, 3.05) is 19.5 Å².